The van der Waals surface area contributed by atoms with Crippen molar-refractivity contribution in [2.24, 2.45) is 11.7 Å². The van der Waals surface area contributed by atoms with Crippen LogP contribution in [0.4, 0.5) is 5.82 Å². The summed E-state index contributed by atoms with van der Waals surface area (Å²) in [5.41, 5.74) is 5.85. The molecule has 0 radical (unpaired) electrons. The summed E-state index contributed by atoms with van der Waals surface area (Å²) in [5.74, 6) is 1.14. The first kappa shape index (κ1) is 14.8. The number of aromatic nitrogens is 1. The summed E-state index contributed by atoms with van der Waals surface area (Å²) in [5, 5.41) is 0. The molecule has 2 rings (SSSR count). The van der Waals surface area contributed by atoms with E-state index in [-0.39, 0.29) is 0 Å². The van der Waals surface area contributed by atoms with E-state index in [4.69, 9.17) is 10.5 Å². The van der Waals surface area contributed by atoms with Crippen molar-refractivity contribution >= 4 is 11.7 Å². The molecule has 5 nitrogen and oxygen atoms in total. The van der Waals surface area contributed by atoms with Gasteiger partial charge in [-0.3, -0.25) is 4.79 Å². The normalized spacial score (nSPS) is 19.1. The van der Waals surface area contributed by atoms with Crippen molar-refractivity contribution in [3.05, 3.63) is 23.9 Å². The first-order chi connectivity index (χ1) is 9.70. The van der Waals surface area contributed by atoms with Crippen molar-refractivity contribution < 1.29 is 9.53 Å². The average molecular weight is 277 g/mol. The number of piperidine rings is 1. The quantitative estimate of drug-likeness (QED) is 0.805. The second-order valence-corrected chi connectivity index (χ2v) is 5.36. The molecule has 110 valence electrons. The second-order valence-electron chi connectivity index (χ2n) is 5.36. The Bertz CT molecular complexity index is 450. The standard InChI is InChI=1S/C15H23N3O2/c1-20-9-3-5-12-4-2-8-18(11-12)14-10-13(15(16)19)6-7-17-14/h6-7,10,12H,2-5,8-9,11H2,1H3,(H2,16,19)/t12-/m0/s1. The van der Waals surface area contributed by atoms with Crippen LogP contribution in [0.1, 0.15) is 36.0 Å². The van der Waals surface area contributed by atoms with Crippen molar-refractivity contribution in [1.82, 2.24) is 4.98 Å². The first-order valence-electron chi connectivity index (χ1n) is 7.20. The zero-order valence-corrected chi connectivity index (χ0v) is 12.0. The van der Waals surface area contributed by atoms with Gasteiger partial charge < -0.3 is 15.4 Å². The summed E-state index contributed by atoms with van der Waals surface area (Å²) < 4.78 is 5.11. The van der Waals surface area contributed by atoms with Crippen molar-refractivity contribution in [2.75, 3.05) is 31.7 Å². The van der Waals surface area contributed by atoms with Gasteiger partial charge in [0.25, 0.3) is 0 Å². The summed E-state index contributed by atoms with van der Waals surface area (Å²) >= 11 is 0. The molecule has 1 saturated heterocycles. The minimum Gasteiger partial charge on any atom is -0.385 e. The van der Waals surface area contributed by atoms with Crippen LogP contribution in [0, 0.1) is 5.92 Å². The topological polar surface area (TPSA) is 68.5 Å². The highest BCUT2D eigenvalue weighted by Crippen LogP contribution is 2.25. The largest absolute Gasteiger partial charge is 0.385 e. The predicted molar refractivity (Wildman–Crippen MR) is 78.8 cm³/mol. The zero-order chi connectivity index (χ0) is 14.4. The lowest BCUT2D eigenvalue weighted by molar-refractivity contribution is 0.1000. The van der Waals surface area contributed by atoms with Crippen LogP contribution in [0.5, 0.6) is 0 Å². The third kappa shape index (κ3) is 3.93. The lowest BCUT2D eigenvalue weighted by Crippen LogP contribution is -2.36. The SMILES string of the molecule is COCCC[C@@H]1CCCN(c2cc(C(N)=O)ccn2)C1. The molecule has 1 aromatic heterocycles. The van der Waals surface area contributed by atoms with Gasteiger partial charge in [-0.2, -0.15) is 0 Å². The number of nitrogens with zero attached hydrogens (tertiary/aromatic N) is 2. The van der Waals surface area contributed by atoms with Gasteiger partial charge in [0.1, 0.15) is 5.82 Å². The number of carbonyl (C=O) groups is 1. The summed E-state index contributed by atoms with van der Waals surface area (Å²) in [6.45, 7) is 2.82. The molecule has 20 heavy (non-hydrogen) atoms. The van der Waals surface area contributed by atoms with Gasteiger partial charge in [-0.1, -0.05) is 0 Å². The average Bonchev–Trinajstić information content (AvgIpc) is 2.48. The van der Waals surface area contributed by atoms with Gasteiger partial charge in [0, 0.05) is 38.6 Å². The number of nitrogens with two attached hydrogens (primary N) is 1. The molecule has 1 fully saturated rings. The van der Waals surface area contributed by atoms with Crippen molar-refractivity contribution in [2.45, 2.75) is 25.7 Å². The van der Waals surface area contributed by atoms with Crippen molar-refractivity contribution in [1.29, 1.82) is 0 Å². The van der Waals surface area contributed by atoms with E-state index >= 15 is 0 Å². The smallest absolute Gasteiger partial charge is 0.248 e. The summed E-state index contributed by atoms with van der Waals surface area (Å²) in [6, 6.07) is 3.45. The Morgan fingerprint density at radius 3 is 3.20 bits per heavy atom. The molecule has 2 N–H and O–H groups in total. The second kappa shape index (κ2) is 7.24. The van der Waals surface area contributed by atoms with Gasteiger partial charge in [0.05, 0.1) is 0 Å². The molecular formula is C15H23N3O2. The molecule has 2 heterocycles. The molecule has 0 unspecified atom stereocenters. The fourth-order valence-corrected chi connectivity index (χ4v) is 2.77. The first-order valence-corrected chi connectivity index (χ1v) is 7.20. The van der Waals surface area contributed by atoms with E-state index in [0.29, 0.717) is 11.5 Å². The van der Waals surface area contributed by atoms with Gasteiger partial charge in [0.15, 0.2) is 0 Å². The number of methoxy groups -OCH3 is 1. The number of hydrogen-bond acceptors (Lipinski definition) is 4. The van der Waals surface area contributed by atoms with Crippen LogP contribution in [-0.4, -0.2) is 37.7 Å². The Morgan fingerprint density at radius 1 is 1.60 bits per heavy atom. The minimum absolute atomic E-state index is 0.401. The van der Waals surface area contributed by atoms with Crippen LogP contribution in [0.3, 0.4) is 0 Å². The van der Waals surface area contributed by atoms with Gasteiger partial charge >= 0.3 is 0 Å². The fraction of sp³-hybridized carbons (Fsp3) is 0.600. The van der Waals surface area contributed by atoms with Crippen LogP contribution in [-0.2, 0) is 4.74 Å². The summed E-state index contributed by atoms with van der Waals surface area (Å²) in [4.78, 5) is 17.9. The maximum absolute atomic E-state index is 11.2. The predicted octanol–water partition coefficient (Wildman–Crippen LogP) is 1.82. The molecule has 0 aliphatic carbocycles. The number of ether oxygens (including phenoxy) is 1. The third-order valence-corrected chi connectivity index (χ3v) is 3.83. The molecule has 1 amide bonds. The monoisotopic (exact) mass is 277 g/mol. The van der Waals surface area contributed by atoms with E-state index in [1.165, 1.54) is 19.3 Å². The summed E-state index contributed by atoms with van der Waals surface area (Å²) in [7, 11) is 1.74. The lowest BCUT2D eigenvalue weighted by Gasteiger charge is -2.33. The van der Waals surface area contributed by atoms with E-state index in [9.17, 15) is 4.79 Å². The molecule has 0 saturated carbocycles. The van der Waals surface area contributed by atoms with Crippen LogP contribution in [0.2, 0.25) is 0 Å². The number of pyridine rings is 1. The van der Waals surface area contributed by atoms with E-state index < -0.39 is 5.91 Å². The highest BCUT2D eigenvalue weighted by molar-refractivity contribution is 5.93. The lowest BCUT2D eigenvalue weighted by atomic mass is 9.93. The van der Waals surface area contributed by atoms with Crippen LogP contribution in [0.25, 0.3) is 0 Å². The molecule has 0 bridgehead atoms. The van der Waals surface area contributed by atoms with Crippen LogP contribution >= 0.6 is 0 Å². The van der Waals surface area contributed by atoms with Gasteiger partial charge in [0.2, 0.25) is 5.91 Å². The Kier molecular flexibility index (Phi) is 5.35. The van der Waals surface area contributed by atoms with E-state index in [1.54, 1.807) is 25.4 Å². The maximum Gasteiger partial charge on any atom is 0.248 e. The number of carbonyl (C=O) groups excluding carboxylic acids is 1. The highest BCUT2D eigenvalue weighted by Gasteiger charge is 2.21. The number of anilines is 1. The molecule has 1 aliphatic rings. The van der Waals surface area contributed by atoms with Crippen molar-refractivity contribution in [3.63, 3.8) is 0 Å². The number of primary amides is 1. The summed E-state index contributed by atoms with van der Waals surface area (Å²) in [6.07, 6.45) is 6.36. The van der Waals surface area contributed by atoms with Gasteiger partial charge in [-0.25, -0.2) is 4.98 Å². The third-order valence-electron chi connectivity index (χ3n) is 3.83. The molecule has 1 aliphatic heterocycles. The minimum atomic E-state index is -0.401. The molecule has 0 spiro atoms. The highest BCUT2D eigenvalue weighted by atomic mass is 16.5. The molecule has 1 atom stereocenters. The number of amides is 1. The number of hydrogen-bond donors (Lipinski definition) is 1. The van der Waals surface area contributed by atoms with Crippen LogP contribution in [0.15, 0.2) is 18.3 Å². The van der Waals surface area contributed by atoms with Gasteiger partial charge in [-0.05, 0) is 43.7 Å². The Labute approximate surface area is 120 Å². The van der Waals surface area contributed by atoms with E-state index in [1.807, 2.05) is 0 Å². The molecule has 5 heteroatoms. The zero-order valence-electron chi connectivity index (χ0n) is 12.0. The van der Waals surface area contributed by atoms with Gasteiger partial charge in [-0.15, -0.1) is 0 Å². The van der Waals surface area contributed by atoms with E-state index in [0.717, 1.165) is 31.9 Å². The number of rotatable bonds is 6. The Hall–Kier alpha value is -1.62. The molecule has 1 aromatic rings. The van der Waals surface area contributed by atoms with E-state index in [2.05, 4.69) is 9.88 Å². The Balaban J connectivity index is 1.97. The van der Waals surface area contributed by atoms with Crippen LogP contribution < -0.4 is 10.6 Å². The molecular weight excluding hydrogens is 254 g/mol. The maximum atomic E-state index is 11.2. The molecule has 0 aromatic carbocycles. The fourth-order valence-electron chi connectivity index (χ4n) is 2.77. The Morgan fingerprint density at radius 2 is 2.45 bits per heavy atom. The van der Waals surface area contributed by atoms with Crippen molar-refractivity contribution in [3.8, 4) is 0 Å².